The number of ether oxygens (including phenoxy) is 1. The van der Waals surface area contributed by atoms with Gasteiger partial charge in [0.25, 0.3) is 11.5 Å². The molecule has 0 unspecified atom stereocenters. The first kappa shape index (κ1) is 19.9. The number of methoxy groups -OCH3 is 1. The molecule has 1 aromatic carbocycles. The quantitative estimate of drug-likeness (QED) is 0.692. The van der Waals surface area contributed by atoms with Crippen LogP contribution in [0.3, 0.4) is 0 Å². The number of rotatable bonds is 5. The third-order valence-electron chi connectivity index (χ3n) is 5.70. The Morgan fingerprint density at radius 2 is 1.90 bits per heavy atom. The molecular formula is C23H26N4O3. The van der Waals surface area contributed by atoms with Crippen molar-refractivity contribution in [3.63, 3.8) is 0 Å². The maximum atomic E-state index is 13.2. The average molecular weight is 406 g/mol. The highest BCUT2D eigenvalue weighted by Crippen LogP contribution is 2.30. The number of pyridine rings is 1. The molecule has 156 valence electrons. The minimum atomic E-state index is -0.431. The highest BCUT2D eigenvalue weighted by molar-refractivity contribution is 6.04. The van der Waals surface area contributed by atoms with E-state index in [2.05, 4.69) is 10.4 Å². The maximum absolute atomic E-state index is 13.2. The van der Waals surface area contributed by atoms with Crippen LogP contribution in [0.4, 0.5) is 5.82 Å². The number of carbonyl (C=O) groups excluding carboxylic acids is 1. The summed E-state index contributed by atoms with van der Waals surface area (Å²) in [6.07, 6.45) is 9.03. The van der Waals surface area contributed by atoms with Gasteiger partial charge in [-0.25, -0.2) is 4.68 Å². The van der Waals surface area contributed by atoms with E-state index < -0.39 is 5.91 Å². The summed E-state index contributed by atoms with van der Waals surface area (Å²) in [5.74, 6) is 0.753. The molecular weight excluding hydrogens is 380 g/mol. The summed E-state index contributed by atoms with van der Waals surface area (Å²) in [6.45, 7) is 1.77. The summed E-state index contributed by atoms with van der Waals surface area (Å²) >= 11 is 0. The number of amides is 1. The van der Waals surface area contributed by atoms with E-state index >= 15 is 0 Å². The Bertz CT molecular complexity index is 1110. The molecule has 0 saturated heterocycles. The first-order chi connectivity index (χ1) is 14.6. The number of hydrogen-bond acceptors (Lipinski definition) is 4. The molecule has 0 bridgehead atoms. The van der Waals surface area contributed by atoms with Gasteiger partial charge < -0.3 is 10.1 Å². The lowest BCUT2D eigenvalue weighted by Gasteiger charge is -2.24. The van der Waals surface area contributed by atoms with Gasteiger partial charge in [0.2, 0.25) is 0 Å². The van der Waals surface area contributed by atoms with Crippen molar-refractivity contribution in [2.75, 3.05) is 12.4 Å². The zero-order valence-electron chi connectivity index (χ0n) is 17.3. The Kier molecular flexibility index (Phi) is 5.70. The summed E-state index contributed by atoms with van der Waals surface area (Å²) in [4.78, 5) is 26.4. The van der Waals surface area contributed by atoms with Crippen molar-refractivity contribution in [2.45, 2.75) is 45.1 Å². The number of carbonyl (C=O) groups is 1. The molecule has 0 radical (unpaired) electrons. The Balaban J connectivity index is 1.67. The normalized spacial score (nSPS) is 14.5. The van der Waals surface area contributed by atoms with E-state index in [4.69, 9.17) is 4.74 Å². The molecule has 3 aromatic rings. The predicted molar refractivity (Wildman–Crippen MR) is 116 cm³/mol. The lowest BCUT2D eigenvalue weighted by Crippen LogP contribution is -2.30. The second kappa shape index (κ2) is 8.57. The van der Waals surface area contributed by atoms with Crippen LogP contribution in [0.5, 0.6) is 5.75 Å². The van der Waals surface area contributed by atoms with Gasteiger partial charge >= 0.3 is 0 Å². The number of aryl methyl sites for hydroxylation is 1. The van der Waals surface area contributed by atoms with E-state index in [0.717, 1.165) is 12.8 Å². The van der Waals surface area contributed by atoms with Gasteiger partial charge in [0, 0.05) is 12.3 Å². The molecule has 1 fully saturated rings. The van der Waals surface area contributed by atoms with Crippen molar-refractivity contribution in [2.24, 2.45) is 0 Å². The van der Waals surface area contributed by atoms with Gasteiger partial charge in [0.05, 0.1) is 25.0 Å². The second-order valence-electron chi connectivity index (χ2n) is 7.63. The summed E-state index contributed by atoms with van der Waals surface area (Å²) in [5.41, 5.74) is 0.930. The zero-order chi connectivity index (χ0) is 21.1. The largest absolute Gasteiger partial charge is 0.495 e. The van der Waals surface area contributed by atoms with Crippen LogP contribution < -0.4 is 15.6 Å². The van der Waals surface area contributed by atoms with Gasteiger partial charge in [0.15, 0.2) is 0 Å². The number of hydrogen-bond donors (Lipinski definition) is 1. The molecule has 0 atom stereocenters. The average Bonchev–Trinajstić information content (AvgIpc) is 3.22. The fraction of sp³-hybridized carbons (Fsp3) is 0.348. The molecule has 2 heterocycles. The van der Waals surface area contributed by atoms with Crippen molar-refractivity contribution >= 4 is 11.7 Å². The van der Waals surface area contributed by atoms with Crippen molar-refractivity contribution in [1.29, 1.82) is 0 Å². The standard InChI is InChI=1S/C23H26N4O3/c1-16-13-15-26(18-10-6-7-11-19(18)30-2)23(29)21(16)22(28)25-20-12-14-24-27(20)17-8-4-3-5-9-17/h6-7,10-15,17H,3-5,8-9H2,1-2H3,(H,25,28). The van der Waals surface area contributed by atoms with Crippen LogP contribution in [-0.4, -0.2) is 27.4 Å². The number of anilines is 1. The summed E-state index contributed by atoms with van der Waals surface area (Å²) in [7, 11) is 1.55. The Labute approximate surface area is 175 Å². The molecule has 1 aliphatic rings. The van der Waals surface area contributed by atoms with Gasteiger partial charge in [-0.1, -0.05) is 31.4 Å². The van der Waals surface area contributed by atoms with Crippen LogP contribution in [0.2, 0.25) is 0 Å². The van der Waals surface area contributed by atoms with Crippen molar-refractivity contribution in [1.82, 2.24) is 14.3 Å². The van der Waals surface area contributed by atoms with Crippen LogP contribution in [0.1, 0.15) is 54.1 Å². The van der Waals surface area contributed by atoms with Gasteiger partial charge in [-0.15, -0.1) is 0 Å². The number of nitrogens with zero attached hydrogens (tertiary/aromatic N) is 3. The molecule has 0 spiro atoms. The number of nitrogens with one attached hydrogen (secondary N) is 1. The monoisotopic (exact) mass is 406 g/mol. The van der Waals surface area contributed by atoms with Gasteiger partial charge in [-0.3, -0.25) is 14.2 Å². The smallest absolute Gasteiger partial charge is 0.268 e. The van der Waals surface area contributed by atoms with Crippen LogP contribution in [0.15, 0.2) is 53.6 Å². The molecule has 30 heavy (non-hydrogen) atoms. The summed E-state index contributed by atoms with van der Waals surface area (Å²) < 4.78 is 8.71. The highest BCUT2D eigenvalue weighted by Gasteiger charge is 2.22. The third kappa shape index (κ3) is 3.75. The van der Waals surface area contributed by atoms with Gasteiger partial charge in [0.1, 0.15) is 17.1 Å². The predicted octanol–water partition coefficient (Wildman–Crippen LogP) is 4.11. The van der Waals surface area contributed by atoms with Crippen molar-refractivity contribution < 1.29 is 9.53 Å². The first-order valence-corrected chi connectivity index (χ1v) is 10.3. The maximum Gasteiger partial charge on any atom is 0.268 e. The van der Waals surface area contributed by atoms with E-state index in [1.54, 1.807) is 50.7 Å². The van der Waals surface area contributed by atoms with E-state index in [0.29, 0.717) is 22.8 Å². The highest BCUT2D eigenvalue weighted by atomic mass is 16.5. The lowest BCUT2D eigenvalue weighted by molar-refractivity contribution is 0.102. The molecule has 2 aromatic heterocycles. The number of aromatic nitrogens is 3. The molecule has 1 aliphatic carbocycles. The molecule has 4 rings (SSSR count). The van der Waals surface area contributed by atoms with Crippen LogP contribution in [0, 0.1) is 6.92 Å². The molecule has 1 amide bonds. The first-order valence-electron chi connectivity index (χ1n) is 10.3. The fourth-order valence-electron chi connectivity index (χ4n) is 4.13. The van der Waals surface area contributed by atoms with E-state index in [-0.39, 0.29) is 17.2 Å². The van der Waals surface area contributed by atoms with E-state index in [1.165, 1.54) is 23.8 Å². The van der Waals surface area contributed by atoms with Crippen LogP contribution >= 0.6 is 0 Å². The number of benzene rings is 1. The zero-order valence-corrected chi connectivity index (χ0v) is 17.3. The minimum Gasteiger partial charge on any atom is -0.495 e. The van der Waals surface area contributed by atoms with Crippen molar-refractivity contribution in [3.05, 3.63) is 70.3 Å². The molecule has 1 saturated carbocycles. The van der Waals surface area contributed by atoms with E-state index in [9.17, 15) is 9.59 Å². The molecule has 7 nitrogen and oxygen atoms in total. The Morgan fingerprint density at radius 1 is 1.13 bits per heavy atom. The minimum absolute atomic E-state index is 0.111. The van der Waals surface area contributed by atoms with Crippen molar-refractivity contribution in [3.8, 4) is 11.4 Å². The second-order valence-corrected chi connectivity index (χ2v) is 7.63. The Morgan fingerprint density at radius 3 is 2.67 bits per heavy atom. The van der Waals surface area contributed by atoms with Crippen LogP contribution in [0.25, 0.3) is 5.69 Å². The fourth-order valence-corrected chi connectivity index (χ4v) is 4.13. The van der Waals surface area contributed by atoms with Crippen LogP contribution in [-0.2, 0) is 0 Å². The topological polar surface area (TPSA) is 78.2 Å². The summed E-state index contributed by atoms with van der Waals surface area (Å²) in [6, 6.07) is 11.1. The molecule has 7 heteroatoms. The van der Waals surface area contributed by atoms with Gasteiger partial charge in [-0.2, -0.15) is 5.10 Å². The third-order valence-corrected chi connectivity index (χ3v) is 5.70. The number of para-hydroxylation sites is 2. The van der Waals surface area contributed by atoms with Gasteiger partial charge in [-0.05, 0) is 43.5 Å². The SMILES string of the molecule is COc1ccccc1-n1ccc(C)c(C(=O)Nc2ccnn2C2CCCCC2)c1=O. The molecule has 0 aliphatic heterocycles. The Hall–Kier alpha value is -3.35. The van der Waals surface area contributed by atoms with E-state index in [1.807, 2.05) is 16.8 Å². The lowest BCUT2D eigenvalue weighted by atomic mass is 9.96. The summed E-state index contributed by atoms with van der Waals surface area (Å²) in [5, 5.41) is 7.33. The molecule has 1 N–H and O–H groups in total.